The van der Waals surface area contributed by atoms with Crippen molar-refractivity contribution in [2.24, 2.45) is 0 Å². The summed E-state index contributed by atoms with van der Waals surface area (Å²) in [7, 11) is 1.91. The number of aryl methyl sites for hydroxylation is 1. The molecule has 0 spiro atoms. The number of nitrogens with one attached hydrogen (secondary N) is 1. The van der Waals surface area contributed by atoms with E-state index in [2.05, 4.69) is 37.7 Å². The standard InChI is InChI=1S/C15H19BrFN3/c1-3-7-20-8-6-19-15(20)10-14(18-2)11-4-5-13(17)12(16)9-11/h4-6,8-9,14,18H,3,7,10H2,1-2H3. The summed E-state index contributed by atoms with van der Waals surface area (Å²) >= 11 is 3.24. The van der Waals surface area contributed by atoms with Crippen molar-refractivity contribution in [1.82, 2.24) is 14.9 Å². The minimum atomic E-state index is -0.240. The van der Waals surface area contributed by atoms with E-state index in [9.17, 15) is 4.39 Å². The summed E-state index contributed by atoms with van der Waals surface area (Å²) in [5, 5.41) is 3.28. The summed E-state index contributed by atoms with van der Waals surface area (Å²) in [6, 6.07) is 5.24. The molecule has 0 fully saturated rings. The molecule has 108 valence electrons. The predicted molar refractivity (Wildman–Crippen MR) is 82.1 cm³/mol. The maximum atomic E-state index is 13.3. The molecule has 0 saturated carbocycles. The maximum Gasteiger partial charge on any atom is 0.137 e. The maximum absolute atomic E-state index is 13.3. The van der Waals surface area contributed by atoms with Gasteiger partial charge in [-0.3, -0.25) is 0 Å². The van der Waals surface area contributed by atoms with Crippen LogP contribution in [0.25, 0.3) is 0 Å². The van der Waals surface area contributed by atoms with Crippen molar-refractivity contribution in [2.45, 2.75) is 32.4 Å². The van der Waals surface area contributed by atoms with Crippen LogP contribution in [-0.2, 0) is 13.0 Å². The molecule has 0 bridgehead atoms. The third-order valence-corrected chi connectivity index (χ3v) is 3.96. The topological polar surface area (TPSA) is 29.9 Å². The first-order valence-corrected chi connectivity index (χ1v) is 7.57. The van der Waals surface area contributed by atoms with Gasteiger partial charge in [-0.05, 0) is 47.1 Å². The van der Waals surface area contributed by atoms with Gasteiger partial charge in [0.15, 0.2) is 0 Å². The molecule has 2 aromatic rings. The normalized spacial score (nSPS) is 12.6. The zero-order chi connectivity index (χ0) is 14.5. The highest BCUT2D eigenvalue weighted by Crippen LogP contribution is 2.23. The molecule has 1 aromatic carbocycles. The van der Waals surface area contributed by atoms with Crippen LogP contribution in [0.15, 0.2) is 35.1 Å². The van der Waals surface area contributed by atoms with Gasteiger partial charge in [0.1, 0.15) is 11.6 Å². The lowest BCUT2D eigenvalue weighted by atomic mass is 10.0. The van der Waals surface area contributed by atoms with E-state index in [4.69, 9.17) is 0 Å². The van der Waals surface area contributed by atoms with Crippen LogP contribution in [0.5, 0.6) is 0 Å². The van der Waals surface area contributed by atoms with E-state index in [0.29, 0.717) is 4.47 Å². The van der Waals surface area contributed by atoms with Gasteiger partial charge in [-0.15, -0.1) is 0 Å². The Labute approximate surface area is 127 Å². The average molecular weight is 340 g/mol. The first kappa shape index (κ1) is 15.2. The summed E-state index contributed by atoms with van der Waals surface area (Å²) in [5.74, 6) is 0.808. The third-order valence-electron chi connectivity index (χ3n) is 3.35. The number of hydrogen-bond donors (Lipinski definition) is 1. The fraction of sp³-hybridized carbons (Fsp3) is 0.400. The monoisotopic (exact) mass is 339 g/mol. The van der Waals surface area contributed by atoms with E-state index in [1.54, 1.807) is 0 Å². The fourth-order valence-electron chi connectivity index (χ4n) is 2.27. The molecule has 0 saturated heterocycles. The van der Waals surface area contributed by atoms with Crippen LogP contribution in [-0.4, -0.2) is 16.6 Å². The van der Waals surface area contributed by atoms with Gasteiger partial charge in [0.2, 0.25) is 0 Å². The molecule has 1 unspecified atom stereocenters. The van der Waals surface area contributed by atoms with E-state index < -0.39 is 0 Å². The lowest BCUT2D eigenvalue weighted by Gasteiger charge is -2.17. The molecule has 0 amide bonds. The summed E-state index contributed by atoms with van der Waals surface area (Å²) in [6.45, 7) is 3.12. The third kappa shape index (κ3) is 3.46. The van der Waals surface area contributed by atoms with Crippen molar-refractivity contribution in [3.05, 3.63) is 52.3 Å². The highest BCUT2D eigenvalue weighted by Gasteiger charge is 2.14. The number of likely N-dealkylation sites (N-methyl/N-ethyl adjacent to an activating group) is 1. The second-order valence-electron chi connectivity index (χ2n) is 4.76. The van der Waals surface area contributed by atoms with Gasteiger partial charge < -0.3 is 9.88 Å². The van der Waals surface area contributed by atoms with Gasteiger partial charge in [0.05, 0.1) is 4.47 Å². The highest BCUT2D eigenvalue weighted by molar-refractivity contribution is 9.10. The molecule has 1 N–H and O–H groups in total. The van der Waals surface area contributed by atoms with E-state index >= 15 is 0 Å². The number of aromatic nitrogens is 2. The summed E-state index contributed by atoms with van der Waals surface area (Å²) in [6.07, 6.45) is 5.70. The SMILES string of the molecule is CCCn1ccnc1CC(NC)c1ccc(F)c(Br)c1. The molecule has 20 heavy (non-hydrogen) atoms. The molecule has 2 rings (SSSR count). The molecule has 0 aliphatic carbocycles. The molecule has 1 atom stereocenters. The zero-order valence-corrected chi connectivity index (χ0v) is 13.3. The van der Waals surface area contributed by atoms with Crippen LogP contribution >= 0.6 is 15.9 Å². The molecular weight excluding hydrogens is 321 g/mol. The summed E-state index contributed by atoms with van der Waals surface area (Å²) in [5.41, 5.74) is 1.05. The van der Waals surface area contributed by atoms with Gasteiger partial charge in [-0.2, -0.15) is 0 Å². The molecule has 1 aromatic heterocycles. The van der Waals surface area contributed by atoms with Crippen LogP contribution in [0.3, 0.4) is 0 Å². The lowest BCUT2D eigenvalue weighted by Crippen LogP contribution is -2.21. The van der Waals surface area contributed by atoms with E-state index in [-0.39, 0.29) is 11.9 Å². The summed E-state index contributed by atoms with van der Waals surface area (Å²) in [4.78, 5) is 4.43. The first-order chi connectivity index (χ1) is 9.65. The smallest absolute Gasteiger partial charge is 0.137 e. The predicted octanol–water partition coefficient (Wildman–Crippen LogP) is 3.70. The minimum Gasteiger partial charge on any atom is -0.335 e. The number of imidazole rings is 1. The molecule has 0 aliphatic rings. The second kappa shape index (κ2) is 6.99. The van der Waals surface area contributed by atoms with Crippen molar-refractivity contribution in [1.29, 1.82) is 0 Å². The quantitative estimate of drug-likeness (QED) is 0.869. The lowest BCUT2D eigenvalue weighted by molar-refractivity contribution is 0.541. The van der Waals surface area contributed by atoms with Gasteiger partial charge in [-0.25, -0.2) is 9.37 Å². The molecular formula is C15H19BrFN3. The van der Waals surface area contributed by atoms with Gasteiger partial charge in [-0.1, -0.05) is 13.0 Å². The Morgan fingerprint density at radius 3 is 2.90 bits per heavy atom. The van der Waals surface area contributed by atoms with Crippen molar-refractivity contribution in [2.75, 3.05) is 7.05 Å². The van der Waals surface area contributed by atoms with Crippen LogP contribution < -0.4 is 5.32 Å². The van der Waals surface area contributed by atoms with Crippen LogP contribution in [0.2, 0.25) is 0 Å². The number of nitrogens with zero attached hydrogens (tertiary/aromatic N) is 2. The number of halogens is 2. The Kier molecular flexibility index (Phi) is 5.31. The van der Waals surface area contributed by atoms with Gasteiger partial charge >= 0.3 is 0 Å². The molecule has 1 heterocycles. The molecule has 0 radical (unpaired) electrons. The van der Waals surface area contributed by atoms with Crippen LogP contribution in [0, 0.1) is 5.82 Å². The Hall–Kier alpha value is -1.20. The minimum absolute atomic E-state index is 0.116. The zero-order valence-electron chi connectivity index (χ0n) is 11.7. The Balaban J connectivity index is 2.19. The Morgan fingerprint density at radius 1 is 1.45 bits per heavy atom. The fourth-order valence-corrected chi connectivity index (χ4v) is 2.67. The Bertz CT molecular complexity index is 568. The van der Waals surface area contributed by atoms with Crippen LogP contribution in [0.4, 0.5) is 4.39 Å². The summed E-state index contributed by atoms with van der Waals surface area (Å²) < 4.78 is 16.0. The Morgan fingerprint density at radius 2 is 2.25 bits per heavy atom. The van der Waals surface area contributed by atoms with Crippen molar-refractivity contribution in [3.8, 4) is 0 Å². The van der Waals surface area contributed by atoms with Crippen molar-refractivity contribution >= 4 is 15.9 Å². The van der Waals surface area contributed by atoms with E-state index in [0.717, 1.165) is 30.8 Å². The number of benzene rings is 1. The highest BCUT2D eigenvalue weighted by atomic mass is 79.9. The van der Waals surface area contributed by atoms with Crippen molar-refractivity contribution < 1.29 is 4.39 Å². The van der Waals surface area contributed by atoms with Gasteiger partial charge in [0.25, 0.3) is 0 Å². The largest absolute Gasteiger partial charge is 0.335 e. The number of hydrogen-bond acceptors (Lipinski definition) is 2. The molecule has 3 nitrogen and oxygen atoms in total. The van der Waals surface area contributed by atoms with Crippen LogP contribution in [0.1, 0.15) is 30.8 Å². The van der Waals surface area contributed by atoms with Crippen molar-refractivity contribution in [3.63, 3.8) is 0 Å². The number of rotatable bonds is 6. The average Bonchev–Trinajstić information content (AvgIpc) is 2.87. The molecule has 0 aliphatic heterocycles. The second-order valence-corrected chi connectivity index (χ2v) is 5.61. The van der Waals surface area contributed by atoms with Gasteiger partial charge in [0, 0.05) is 31.4 Å². The van der Waals surface area contributed by atoms with E-state index in [1.165, 1.54) is 6.07 Å². The first-order valence-electron chi connectivity index (χ1n) is 6.78. The molecule has 5 heteroatoms. The van der Waals surface area contributed by atoms with E-state index in [1.807, 2.05) is 31.6 Å².